The molecule has 0 radical (unpaired) electrons. The van der Waals surface area contributed by atoms with Crippen molar-refractivity contribution in [3.8, 4) is 0 Å². The standard InChI is InChI=1S/C18H18O3/c1-21-17(19)12-6-8-14-7-5-11-16(13-14)18(20)15-9-3-2-4-10-15/h2-5,7,9-11,13H,6,8,12H2,1H3. The molecule has 0 atom stereocenters. The molecule has 0 unspecified atom stereocenters. The lowest BCUT2D eigenvalue weighted by molar-refractivity contribution is -0.140. The third-order valence-electron chi connectivity index (χ3n) is 3.30. The zero-order valence-corrected chi connectivity index (χ0v) is 12.0. The summed E-state index contributed by atoms with van der Waals surface area (Å²) in [5, 5.41) is 0. The van der Waals surface area contributed by atoms with E-state index in [0.717, 1.165) is 18.4 Å². The topological polar surface area (TPSA) is 43.4 Å². The quantitative estimate of drug-likeness (QED) is 0.602. The van der Waals surface area contributed by atoms with E-state index in [-0.39, 0.29) is 11.8 Å². The van der Waals surface area contributed by atoms with Crippen LogP contribution in [0.25, 0.3) is 0 Å². The normalized spacial score (nSPS) is 10.1. The molecule has 2 rings (SSSR count). The number of rotatable bonds is 6. The number of aryl methyl sites for hydroxylation is 1. The van der Waals surface area contributed by atoms with Crippen molar-refractivity contribution in [1.29, 1.82) is 0 Å². The predicted molar refractivity (Wildman–Crippen MR) is 81.3 cm³/mol. The second-order valence-electron chi connectivity index (χ2n) is 4.83. The number of hydrogen-bond acceptors (Lipinski definition) is 3. The number of benzene rings is 2. The van der Waals surface area contributed by atoms with Crippen LogP contribution in [0.3, 0.4) is 0 Å². The highest BCUT2D eigenvalue weighted by Gasteiger charge is 2.09. The Morgan fingerprint density at radius 2 is 1.67 bits per heavy atom. The fourth-order valence-corrected chi connectivity index (χ4v) is 2.16. The first-order chi connectivity index (χ1) is 10.2. The van der Waals surface area contributed by atoms with E-state index < -0.39 is 0 Å². The van der Waals surface area contributed by atoms with E-state index in [0.29, 0.717) is 17.5 Å². The van der Waals surface area contributed by atoms with E-state index in [9.17, 15) is 9.59 Å². The van der Waals surface area contributed by atoms with Crippen molar-refractivity contribution in [3.05, 3.63) is 71.3 Å². The predicted octanol–water partition coefficient (Wildman–Crippen LogP) is 3.41. The highest BCUT2D eigenvalue weighted by atomic mass is 16.5. The lowest BCUT2D eigenvalue weighted by atomic mass is 9.99. The average Bonchev–Trinajstić information content (AvgIpc) is 2.55. The molecule has 0 N–H and O–H groups in total. The SMILES string of the molecule is COC(=O)CCCc1cccc(C(=O)c2ccccc2)c1. The molecule has 0 spiro atoms. The smallest absolute Gasteiger partial charge is 0.305 e. The van der Waals surface area contributed by atoms with Crippen molar-refractivity contribution in [2.24, 2.45) is 0 Å². The molecule has 0 saturated heterocycles. The molecule has 3 nitrogen and oxygen atoms in total. The Bertz CT molecular complexity index is 617. The highest BCUT2D eigenvalue weighted by molar-refractivity contribution is 6.09. The Balaban J connectivity index is 2.04. The lowest BCUT2D eigenvalue weighted by Gasteiger charge is -2.05. The Morgan fingerprint density at radius 3 is 2.38 bits per heavy atom. The van der Waals surface area contributed by atoms with Gasteiger partial charge in [0, 0.05) is 17.5 Å². The maximum Gasteiger partial charge on any atom is 0.305 e. The van der Waals surface area contributed by atoms with Gasteiger partial charge in [-0.25, -0.2) is 0 Å². The minimum atomic E-state index is -0.202. The Labute approximate surface area is 124 Å². The van der Waals surface area contributed by atoms with Gasteiger partial charge in [0.2, 0.25) is 0 Å². The number of carbonyl (C=O) groups is 2. The maximum atomic E-state index is 12.4. The molecule has 0 fully saturated rings. The number of ether oxygens (including phenoxy) is 1. The van der Waals surface area contributed by atoms with Crippen LogP contribution in [0, 0.1) is 0 Å². The molecule has 0 aliphatic rings. The monoisotopic (exact) mass is 282 g/mol. The summed E-state index contributed by atoms with van der Waals surface area (Å²) in [6.45, 7) is 0. The third kappa shape index (κ3) is 4.28. The van der Waals surface area contributed by atoms with Gasteiger partial charge in [0.1, 0.15) is 0 Å². The van der Waals surface area contributed by atoms with Crippen LogP contribution in [0.1, 0.15) is 34.3 Å². The second kappa shape index (κ2) is 7.39. The molecule has 108 valence electrons. The number of methoxy groups -OCH3 is 1. The molecule has 21 heavy (non-hydrogen) atoms. The number of hydrogen-bond donors (Lipinski definition) is 0. The van der Waals surface area contributed by atoms with Gasteiger partial charge in [-0.05, 0) is 24.5 Å². The van der Waals surface area contributed by atoms with Gasteiger partial charge in [0.25, 0.3) is 0 Å². The van der Waals surface area contributed by atoms with Crippen LogP contribution in [-0.4, -0.2) is 18.9 Å². The summed E-state index contributed by atoms with van der Waals surface area (Å²) in [5.74, 6) is -0.183. The average molecular weight is 282 g/mol. The molecule has 2 aromatic carbocycles. The van der Waals surface area contributed by atoms with Crippen molar-refractivity contribution in [2.75, 3.05) is 7.11 Å². The zero-order valence-electron chi connectivity index (χ0n) is 12.0. The summed E-state index contributed by atoms with van der Waals surface area (Å²) in [4.78, 5) is 23.4. The maximum absolute atomic E-state index is 12.4. The fraction of sp³-hybridized carbons (Fsp3) is 0.222. The van der Waals surface area contributed by atoms with Crippen LogP contribution in [0.2, 0.25) is 0 Å². The Hall–Kier alpha value is -2.42. The first-order valence-corrected chi connectivity index (χ1v) is 6.96. The molecule has 0 aliphatic heterocycles. The van der Waals surface area contributed by atoms with E-state index >= 15 is 0 Å². The molecule has 0 aromatic heterocycles. The van der Waals surface area contributed by atoms with Gasteiger partial charge in [-0.2, -0.15) is 0 Å². The van der Waals surface area contributed by atoms with Crippen molar-refractivity contribution < 1.29 is 14.3 Å². The zero-order chi connectivity index (χ0) is 15.1. The fourth-order valence-electron chi connectivity index (χ4n) is 2.16. The summed E-state index contributed by atoms with van der Waals surface area (Å²) in [6.07, 6.45) is 1.87. The van der Waals surface area contributed by atoms with Gasteiger partial charge in [-0.15, -0.1) is 0 Å². The Morgan fingerprint density at radius 1 is 0.952 bits per heavy atom. The van der Waals surface area contributed by atoms with Crippen molar-refractivity contribution in [3.63, 3.8) is 0 Å². The molecular weight excluding hydrogens is 264 g/mol. The van der Waals surface area contributed by atoms with Gasteiger partial charge in [-0.1, -0.05) is 48.5 Å². The first kappa shape index (κ1) is 15.0. The first-order valence-electron chi connectivity index (χ1n) is 6.96. The third-order valence-corrected chi connectivity index (χ3v) is 3.30. The van der Waals surface area contributed by atoms with E-state index in [1.54, 1.807) is 0 Å². The molecule has 3 heteroatoms. The van der Waals surface area contributed by atoms with Crippen LogP contribution in [-0.2, 0) is 16.0 Å². The summed E-state index contributed by atoms with van der Waals surface area (Å²) in [6, 6.07) is 16.8. The van der Waals surface area contributed by atoms with Gasteiger partial charge < -0.3 is 4.74 Å². The van der Waals surface area contributed by atoms with Gasteiger partial charge in [0.15, 0.2) is 5.78 Å². The summed E-state index contributed by atoms with van der Waals surface area (Å²) >= 11 is 0. The van der Waals surface area contributed by atoms with Gasteiger partial charge in [0.05, 0.1) is 7.11 Å². The van der Waals surface area contributed by atoms with Crippen LogP contribution < -0.4 is 0 Å². The summed E-state index contributed by atoms with van der Waals surface area (Å²) in [7, 11) is 1.39. The number of ketones is 1. The van der Waals surface area contributed by atoms with Crippen LogP contribution >= 0.6 is 0 Å². The summed E-state index contributed by atoms with van der Waals surface area (Å²) in [5.41, 5.74) is 2.42. The number of carbonyl (C=O) groups excluding carboxylic acids is 2. The van der Waals surface area contributed by atoms with Gasteiger partial charge >= 0.3 is 5.97 Å². The van der Waals surface area contributed by atoms with Crippen LogP contribution in [0.5, 0.6) is 0 Å². The van der Waals surface area contributed by atoms with Crippen LogP contribution in [0.4, 0.5) is 0 Å². The van der Waals surface area contributed by atoms with Gasteiger partial charge in [-0.3, -0.25) is 9.59 Å². The van der Waals surface area contributed by atoms with Crippen molar-refractivity contribution >= 4 is 11.8 Å². The lowest BCUT2D eigenvalue weighted by Crippen LogP contribution is -2.03. The molecule has 2 aromatic rings. The molecule has 0 aliphatic carbocycles. The highest BCUT2D eigenvalue weighted by Crippen LogP contribution is 2.13. The van der Waals surface area contributed by atoms with Crippen molar-refractivity contribution in [1.82, 2.24) is 0 Å². The molecule has 0 saturated carbocycles. The van der Waals surface area contributed by atoms with E-state index in [1.807, 2.05) is 54.6 Å². The van der Waals surface area contributed by atoms with E-state index in [1.165, 1.54) is 7.11 Å². The molecular formula is C18H18O3. The van der Waals surface area contributed by atoms with Crippen LogP contribution in [0.15, 0.2) is 54.6 Å². The second-order valence-corrected chi connectivity index (χ2v) is 4.83. The van der Waals surface area contributed by atoms with E-state index in [4.69, 9.17) is 0 Å². The molecule has 0 amide bonds. The number of esters is 1. The summed E-state index contributed by atoms with van der Waals surface area (Å²) < 4.78 is 4.61. The van der Waals surface area contributed by atoms with Crippen molar-refractivity contribution in [2.45, 2.75) is 19.3 Å². The molecule has 0 bridgehead atoms. The largest absolute Gasteiger partial charge is 0.469 e. The minimum absolute atomic E-state index is 0.0189. The molecule has 0 heterocycles. The van der Waals surface area contributed by atoms with E-state index in [2.05, 4.69) is 4.74 Å². The Kier molecular flexibility index (Phi) is 5.27. The minimum Gasteiger partial charge on any atom is -0.469 e.